The molecule has 1 aliphatic rings. The maximum absolute atomic E-state index is 13.9. The van der Waals surface area contributed by atoms with Gasteiger partial charge in [-0.25, -0.2) is 4.39 Å². The smallest absolute Gasteiger partial charge is 0.303 e. The third kappa shape index (κ3) is 3.92. The number of rotatable bonds is 6. The molecule has 6 heteroatoms. The number of carbonyl (C=O) groups is 1. The van der Waals surface area contributed by atoms with Gasteiger partial charge in [-0.2, -0.15) is 0 Å². The van der Waals surface area contributed by atoms with Gasteiger partial charge in [0.1, 0.15) is 5.82 Å². The van der Waals surface area contributed by atoms with Crippen molar-refractivity contribution in [2.75, 3.05) is 13.2 Å². The van der Waals surface area contributed by atoms with Crippen molar-refractivity contribution in [3.05, 3.63) is 29.6 Å². The molecular formula is C13H16FNO3S. The normalized spacial score (nSPS) is 16.9. The van der Waals surface area contributed by atoms with E-state index in [0.29, 0.717) is 35.3 Å². The molecule has 19 heavy (non-hydrogen) atoms. The Morgan fingerprint density at radius 2 is 2.32 bits per heavy atom. The third-order valence-electron chi connectivity index (χ3n) is 2.95. The van der Waals surface area contributed by atoms with Crippen molar-refractivity contribution < 1.29 is 19.0 Å². The molecule has 1 aromatic carbocycles. The van der Waals surface area contributed by atoms with Crippen LogP contribution in [0.5, 0.6) is 0 Å². The Balaban J connectivity index is 1.98. The fourth-order valence-corrected chi connectivity index (χ4v) is 2.76. The summed E-state index contributed by atoms with van der Waals surface area (Å²) in [4.78, 5) is 11.1. The molecule has 1 fully saturated rings. The zero-order chi connectivity index (χ0) is 13.8. The lowest BCUT2D eigenvalue weighted by molar-refractivity contribution is -0.137. The average molecular weight is 285 g/mol. The molecule has 0 radical (unpaired) electrons. The highest BCUT2D eigenvalue weighted by molar-refractivity contribution is 8.00. The van der Waals surface area contributed by atoms with E-state index in [4.69, 9.17) is 15.6 Å². The molecule has 0 bridgehead atoms. The second kappa shape index (κ2) is 6.36. The molecular weight excluding hydrogens is 269 g/mol. The summed E-state index contributed by atoms with van der Waals surface area (Å²) in [6.45, 7) is 1.31. The fraction of sp³-hybridized carbons (Fsp3) is 0.462. The Morgan fingerprint density at radius 3 is 2.84 bits per heavy atom. The zero-order valence-corrected chi connectivity index (χ0v) is 11.2. The molecule has 0 amide bonds. The molecule has 4 nitrogen and oxygen atoms in total. The first kappa shape index (κ1) is 14.3. The molecule has 104 valence electrons. The minimum atomic E-state index is -0.895. The highest BCUT2D eigenvalue weighted by Crippen LogP contribution is 2.31. The molecule has 0 aliphatic carbocycles. The van der Waals surface area contributed by atoms with Crippen molar-refractivity contribution in [2.45, 2.75) is 29.0 Å². The monoisotopic (exact) mass is 285 g/mol. The van der Waals surface area contributed by atoms with Crippen LogP contribution in [0.15, 0.2) is 23.1 Å². The van der Waals surface area contributed by atoms with E-state index in [9.17, 15) is 9.18 Å². The summed E-state index contributed by atoms with van der Waals surface area (Å²) in [7, 11) is 0. The van der Waals surface area contributed by atoms with Crippen molar-refractivity contribution >= 4 is 17.7 Å². The molecule has 0 saturated carbocycles. The van der Waals surface area contributed by atoms with Crippen LogP contribution in [0.2, 0.25) is 0 Å². The third-order valence-corrected chi connectivity index (χ3v) is 4.14. The largest absolute Gasteiger partial charge is 0.481 e. The van der Waals surface area contributed by atoms with Crippen molar-refractivity contribution in [1.29, 1.82) is 0 Å². The number of nitrogens with two attached hydrogens (primary N) is 1. The van der Waals surface area contributed by atoms with E-state index in [2.05, 4.69) is 0 Å². The van der Waals surface area contributed by atoms with Crippen LogP contribution < -0.4 is 5.73 Å². The van der Waals surface area contributed by atoms with Crippen LogP contribution in [-0.4, -0.2) is 29.5 Å². The summed E-state index contributed by atoms with van der Waals surface area (Å²) in [5.41, 5.74) is 6.48. The molecule has 1 atom stereocenters. The Bertz CT molecular complexity index is 465. The highest BCUT2D eigenvalue weighted by Gasteiger charge is 2.21. The van der Waals surface area contributed by atoms with Gasteiger partial charge in [0.25, 0.3) is 0 Å². The van der Waals surface area contributed by atoms with Gasteiger partial charge in [0.15, 0.2) is 0 Å². The van der Waals surface area contributed by atoms with Crippen LogP contribution in [-0.2, 0) is 9.53 Å². The number of aliphatic carboxylic acids is 1. The lowest BCUT2D eigenvalue weighted by atomic mass is 10.0. The van der Waals surface area contributed by atoms with Crippen molar-refractivity contribution in [1.82, 2.24) is 0 Å². The maximum atomic E-state index is 13.9. The van der Waals surface area contributed by atoms with Crippen LogP contribution >= 0.6 is 11.8 Å². The second-order valence-electron chi connectivity index (χ2n) is 4.51. The van der Waals surface area contributed by atoms with Gasteiger partial charge in [0.2, 0.25) is 0 Å². The summed E-state index contributed by atoms with van der Waals surface area (Å²) in [6.07, 6.45) is 0.288. The molecule has 3 N–H and O–H groups in total. The molecule has 1 saturated heterocycles. The number of thioether (sulfide) groups is 1. The van der Waals surface area contributed by atoms with E-state index in [0.717, 1.165) is 0 Å². The van der Waals surface area contributed by atoms with Crippen LogP contribution in [0.3, 0.4) is 0 Å². The standard InChI is InChI=1S/C13H16FNO3S/c14-10-5-8(11(15)2-4-13(16)17)1-3-12(10)19-9-6-18-7-9/h1,3,5,9,11H,2,4,6-7,15H2,(H,16,17). The summed E-state index contributed by atoms with van der Waals surface area (Å²) in [5, 5.41) is 8.92. The van der Waals surface area contributed by atoms with Crippen molar-refractivity contribution in [2.24, 2.45) is 5.73 Å². The van der Waals surface area contributed by atoms with Crippen molar-refractivity contribution in [3.63, 3.8) is 0 Å². The number of carboxylic acid groups (broad SMARTS) is 1. The number of hydrogen-bond acceptors (Lipinski definition) is 4. The fourth-order valence-electron chi connectivity index (χ4n) is 1.75. The number of ether oxygens (including phenoxy) is 1. The number of halogens is 1. The van der Waals surface area contributed by atoms with E-state index in [1.54, 1.807) is 12.1 Å². The van der Waals surface area contributed by atoms with E-state index in [-0.39, 0.29) is 12.2 Å². The van der Waals surface area contributed by atoms with E-state index in [1.165, 1.54) is 17.8 Å². The predicted octanol–water partition coefficient (Wildman–Crippen LogP) is 2.18. The Kier molecular flexibility index (Phi) is 4.79. The Hall–Kier alpha value is -1.11. The number of hydrogen-bond donors (Lipinski definition) is 2. The van der Waals surface area contributed by atoms with Gasteiger partial charge in [-0.1, -0.05) is 6.07 Å². The first-order chi connectivity index (χ1) is 9.06. The second-order valence-corrected chi connectivity index (χ2v) is 5.85. The van der Waals surface area contributed by atoms with Gasteiger partial charge in [0.05, 0.1) is 18.5 Å². The van der Waals surface area contributed by atoms with Crippen LogP contribution in [0.1, 0.15) is 24.4 Å². The quantitative estimate of drug-likeness (QED) is 0.838. The highest BCUT2D eigenvalue weighted by atomic mass is 32.2. The molecule has 0 spiro atoms. The molecule has 1 aromatic rings. The minimum absolute atomic E-state index is 0.0152. The van der Waals surface area contributed by atoms with Gasteiger partial charge in [-0.15, -0.1) is 11.8 Å². The van der Waals surface area contributed by atoms with Crippen LogP contribution in [0.25, 0.3) is 0 Å². The lowest BCUT2D eigenvalue weighted by Gasteiger charge is -2.25. The van der Waals surface area contributed by atoms with E-state index in [1.807, 2.05) is 0 Å². The van der Waals surface area contributed by atoms with Gasteiger partial charge in [0, 0.05) is 17.4 Å². The summed E-state index contributed by atoms with van der Waals surface area (Å²) in [6, 6.07) is 4.41. The van der Waals surface area contributed by atoms with Gasteiger partial charge >= 0.3 is 5.97 Å². The SMILES string of the molecule is NC(CCC(=O)O)c1ccc(SC2COC2)c(F)c1. The molecule has 1 heterocycles. The minimum Gasteiger partial charge on any atom is -0.481 e. The number of carboxylic acids is 1. The summed E-state index contributed by atoms with van der Waals surface area (Å²) < 4.78 is 18.9. The first-order valence-electron chi connectivity index (χ1n) is 6.07. The topological polar surface area (TPSA) is 72.6 Å². The lowest BCUT2D eigenvalue weighted by Crippen LogP contribution is -2.30. The Morgan fingerprint density at radius 1 is 1.58 bits per heavy atom. The van der Waals surface area contributed by atoms with E-state index < -0.39 is 12.0 Å². The van der Waals surface area contributed by atoms with Gasteiger partial charge in [-0.05, 0) is 24.1 Å². The molecule has 0 aromatic heterocycles. The van der Waals surface area contributed by atoms with Gasteiger partial charge < -0.3 is 15.6 Å². The maximum Gasteiger partial charge on any atom is 0.303 e. The zero-order valence-electron chi connectivity index (χ0n) is 10.3. The summed E-state index contributed by atoms with van der Waals surface area (Å²) >= 11 is 1.46. The van der Waals surface area contributed by atoms with Crippen LogP contribution in [0, 0.1) is 5.82 Å². The first-order valence-corrected chi connectivity index (χ1v) is 6.95. The van der Waals surface area contributed by atoms with Gasteiger partial charge in [-0.3, -0.25) is 4.79 Å². The average Bonchev–Trinajstić information content (AvgIpc) is 2.32. The predicted molar refractivity (Wildman–Crippen MR) is 70.7 cm³/mol. The molecule has 2 rings (SSSR count). The Labute approximate surface area is 115 Å². The number of benzene rings is 1. The van der Waals surface area contributed by atoms with Crippen molar-refractivity contribution in [3.8, 4) is 0 Å². The van der Waals surface area contributed by atoms with Crippen LogP contribution in [0.4, 0.5) is 4.39 Å². The van der Waals surface area contributed by atoms with E-state index >= 15 is 0 Å². The molecule has 1 unspecified atom stereocenters. The summed E-state index contributed by atoms with van der Waals surface area (Å²) in [5.74, 6) is -1.20. The molecule has 1 aliphatic heterocycles.